The molecule has 2 rings (SSSR count). The van der Waals surface area contributed by atoms with Crippen LogP contribution in [0.2, 0.25) is 10.0 Å². The lowest BCUT2D eigenvalue weighted by molar-refractivity contribution is 0.189. The van der Waals surface area contributed by atoms with Crippen LogP contribution in [-0.2, 0) is 9.09 Å². The van der Waals surface area contributed by atoms with Gasteiger partial charge in [0.05, 0.1) is 6.10 Å². The Morgan fingerprint density at radius 2 is 1.56 bits per heavy atom. The van der Waals surface area contributed by atoms with Crippen molar-refractivity contribution < 1.29 is 14.2 Å². The predicted octanol–water partition coefficient (Wildman–Crippen LogP) is 5.08. The number of benzene rings is 2. The molecule has 1 N–H and O–H groups in total. The van der Waals surface area contributed by atoms with E-state index in [1.165, 1.54) is 0 Å². The molecule has 4 nitrogen and oxygen atoms in total. The number of hydrogen-bond donors (Lipinski definition) is 1. The third-order valence-corrected chi connectivity index (χ3v) is 6.99. The summed E-state index contributed by atoms with van der Waals surface area (Å²) in [5.41, 5.74) is 1.16. The predicted molar refractivity (Wildman–Crippen MR) is 106 cm³/mol. The summed E-state index contributed by atoms with van der Waals surface area (Å²) in [5.74, 6) is -1.46. The third-order valence-electron chi connectivity index (χ3n) is 3.67. The summed E-state index contributed by atoms with van der Waals surface area (Å²) in [6.07, 6.45) is -0.352. The smallest absolute Gasteiger partial charge is 0.264 e. The second kappa shape index (κ2) is 8.11. The molecule has 25 heavy (non-hydrogen) atoms. The number of anilines is 1. The van der Waals surface area contributed by atoms with E-state index in [1.807, 2.05) is 31.1 Å². The molecule has 0 bridgehead atoms. The molecule has 0 aliphatic rings. The van der Waals surface area contributed by atoms with Crippen LogP contribution in [0, 0.1) is 0 Å². The van der Waals surface area contributed by atoms with Crippen LogP contribution in [0.25, 0.3) is 0 Å². The summed E-state index contributed by atoms with van der Waals surface area (Å²) in [6.45, 7) is 3.53. The van der Waals surface area contributed by atoms with Gasteiger partial charge in [0.1, 0.15) is 0 Å². The minimum atomic E-state index is -3.68. The van der Waals surface area contributed by atoms with E-state index < -0.39 is 13.2 Å². The van der Waals surface area contributed by atoms with Crippen molar-refractivity contribution in [1.29, 1.82) is 0 Å². The zero-order valence-corrected chi connectivity index (χ0v) is 17.0. The van der Waals surface area contributed by atoms with E-state index in [2.05, 4.69) is 0 Å². The molecule has 0 aliphatic heterocycles. The highest BCUT2D eigenvalue weighted by molar-refractivity contribution is 7.67. The summed E-state index contributed by atoms with van der Waals surface area (Å²) < 4.78 is 19.4. The minimum absolute atomic E-state index is 0.214. The Morgan fingerprint density at radius 1 is 1.04 bits per heavy atom. The molecule has 2 aromatic carbocycles. The van der Waals surface area contributed by atoms with Gasteiger partial charge in [0.15, 0.2) is 5.85 Å². The molecule has 2 atom stereocenters. The summed E-state index contributed by atoms with van der Waals surface area (Å²) in [6, 6.07) is 11.9. The number of hydrogen-bond acceptors (Lipinski definition) is 4. The van der Waals surface area contributed by atoms with Gasteiger partial charge < -0.3 is 14.5 Å². The molecule has 0 radical (unpaired) electrons. The molecule has 0 amide bonds. The Morgan fingerprint density at radius 3 is 2.00 bits per heavy atom. The van der Waals surface area contributed by atoms with Crippen LogP contribution >= 0.6 is 30.6 Å². The first-order valence-corrected chi connectivity index (χ1v) is 10.3. The maximum atomic E-state index is 13.7. The Balaban J connectivity index is 2.55. The van der Waals surface area contributed by atoms with E-state index in [1.54, 1.807) is 44.2 Å². The second-order valence-electron chi connectivity index (χ2n) is 6.17. The minimum Gasteiger partial charge on any atom is -0.378 e. The number of rotatable bonds is 6. The van der Waals surface area contributed by atoms with Crippen LogP contribution in [-0.4, -0.2) is 25.3 Å². The molecular formula is C18H22Cl2NO3P. The topological polar surface area (TPSA) is 49.8 Å². The van der Waals surface area contributed by atoms with E-state index in [0.717, 1.165) is 5.69 Å². The zero-order chi connectivity index (χ0) is 18.8. The summed E-state index contributed by atoms with van der Waals surface area (Å²) in [5, 5.41) is 11.8. The fraction of sp³-hybridized carbons (Fsp3) is 0.333. The van der Waals surface area contributed by atoms with Gasteiger partial charge in [-0.2, -0.15) is 0 Å². The fourth-order valence-electron chi connectivity index (χ4n) is 2.46. The molecule has 0 fully saturated rings. The van der Waals surface area contributed by atoms with Gasteiger partial charge in [-0.15, -0.1) is 0 Å². The summed E-state index contributed by atoms with van der Waals surface area (Å²) in [4.78, 5) is 1.93. The molecular weight excluding hydrogens is 380 g/mol. The van der Waals surface area contributed by atoms with E-state index in [9.17, 15) is 9.67 Å². The van der Waals surface area contributed by atoms with Crippen molar-refractivity contribution in [2.75, 3.05) is 19.0 Å². The van der Waals surface area contributed by atoms with Crippen LogP contribution in [0.3, 0.4) is 0 Å². The van der Waals surface area contributed by atoms with Gasteiger partial charge in [-0.25, -0.2) is 0 Å². The van der Waals surface area contributed by atoms with Crippen molar-refractivity contribution in [2.45, 2.75) is 25.8 Å². The molecule has 0 saturated heterocycles. The lowest BCUT2D eigenvalue weighted by Crippen LogP contribution is -2.18. The van der Waals surface area contributed by atoms with E-state index in [-0.39, 0.29) is 21.7 Å². The molecule has 0 aliphatic carbocycles. The van der Waals surface area contributed by atoms with E-state index in [0.29, 0.717) is 5.30 Å². The van der Waals surface area contributed by atoms with Crippen molar-refractivity contribution in [1.82, 2.24) is 0 Å². The quantitative estimate of drug-likeness (QED) is 0.685. The lowest BCUT2D eigenvalue weighted by Gasteiger charge is -2.27. The maximum absolute atomic E-state index is 13.7. The molecule has 0 saturated carbocycles. The molecule has 0 spiro atoms. The van der Waals surface area contributed by atoms with Gasteiger partial charge in [0, 0.05) is 40.7 Å². The van der Waals surface area contributed by atoms with Crippen molar-refractivity contribution in [2.24, 2.45) is 0 Å². The first-order chi connectivity index (χ1) is 11.7. The van der Waals surface area contributed by atoms with Gasteiger partial charge in [-0.1, -0.05) is 29.3 Å². The van der Waals surface area contributed by atoms with Crippen molar-refractivity contribution in [3.05, 3.63) is 58.1 Å². The van der Waals surface area contributed by atoms with Gasteiger partial charge in [0.2, 0.25) is 0 Å². The molecule has 0 unspecified atom stereocenters. The monoisotopic (exact) mass is 401 g/mol. The highest BCUT2D eigenvalue weighted by Crippen LogP contribution is 2.60. The number of aliphatic hydroxyl groups excluding tert-OH is 1. The van der Waals surface area contributed by atoms with Gasteiger partial charge in [-0.05, 0) is 50.2 Å². The first-order valence-electron chi connectivity index (χ1n) is 7.85. The highest BCUT2D eigenvalue weighted by atomic mass is 35.5. The largest absolute Gasteiger partial charge is 0.378 e. The normalized spacial score (nSPS) is 15.0. The van der Waals surface area contributed by atoms with Crippen LogP contribution < -0.4 is 10.2 Å². The molecule has 2 aromatic rings. The molecule has 7 heteroatoms. The fourth-order valence-corrected chi connectivity index (χ4v) is 5.54. The van der Waals surface area contributed by atoms with E-state index >= 15 is 0 Å². The number of nitrogens with zero attached hydrogens (tertiary/aromatic N) is 1. The van der Waals surface area contributed by atoms with Crippen molar-refractivity contribution in [3.63, 3.8) is 0 Å². The van der Waals surface area contributed by atoms with Crippen molar-refractivity contribution >= 4 is 41.6 Å². The Labute approximate surface area is 158 Å². The van der Waals surface area contributed by atoms with Gasteiger partial charge in [-0.3, -0.25) is 4.57 Å². The standard InChI is InChI=1S/C18H22Cl2NO3P/c1-12(2)24-25(23,14-10-8-13(9-11-14)21(3)4)18(22)17-15(19)6-5-7-16(17)20/h5-12,18,22H,1-4H3/t18-,25-/m0/s1. The highest BCUT2D eigenvalue weighted by Gasteiger charge is 2.39. The van der Waals surface area contributed by atoms with Crippen LogP contribution in [0.5, 0.6) is 0 Å². The van der Waals surface area contributed by atoms with Crippen LogP contribution in [0.1, 0.15) is 25.3 Å². The average molecular weight is 402 g/mol. The zero-order valence-electron chi connectivity index (χ0n) is 14.6. The number of aliphatic hydroxyl groups is 1. The molecule has 136 valence electrons. The first kappa shape index (κ1) is 20.3. The van der Waals surface area contributed by atoms with Crippen molar-refractivity contribution in [3.8, 4) is 0 Å². The average Bonchev–Trinajstić information content (AvgIpc) is 2.53. The molecule has 0 heterocycles. The third kappa shape index (κ3) is 4.39. The molecule has 0 aromatic heterocycles. The van der Waals surface area contributed by atoms with E-state index in [4.69, 9.17) is 27.7 Å². The summed E-state index contributed by atoms with van der Waals surface area (Å²) >= 11 is 12.4. The second-order valence-corrected chi connectivity index (χ2v) is 9.40. The lowest BCUT2D eigenvalue weighted by atomic mass is 10.2. The Bertz CT molecular complexity index is 758. The SMILES string of the molecule is CC(C)O[P@@](=O)(c1ccc(N(C)C)cc1)[C@H](O)c1c(Cl)cccc1Cl. The van der Waals surface area contributed by atoms with Gasteiger partial charge in [0.25, 0.3) is 7.37 Å². The van der Waals surface area contributed by atoms with Crippen LogP contribution in [0.4, 0.5) is 5.69 Å². The van der Waals surface area contributed by atoms with Gasteiger partial charge >= 0.3 is 0 Å². The summed E-state index contributed by atoms with van der Waals surface area (Å²) in [7, 11) is 0.152. The Kier molecular flexibility index (Phi) is 6.58. The maximum Gasteiger partial charge on any atom is 0.264 e. The number of halogens is 2. The Hall–Kier alpha value is -1.03. The van der Waals surface area contributed by atoms with Crippen LogP contribution in [0.15, 0.2) is 42.5 Å².